The van der Waals surface area contributed by atoms with Gasteiger partial charge >= 0.3 is 0 Å². The van der Waals surface area contributed by atoms with Gasteiger partial charge in [0, 0.05) is 44.1 Å². The number of amides is 1. The predicted molar refractivity (Wildman–Crippen MR) is 116 cm³/mol. The van der Waals surface area contributed by atoms with Gasteiger partial charge in [-0.1, -0.05) is 6.07 Å². The molecule has 10 heteroatoms. The Morgan fingerprint density at radius 2 is 1.77 bits per heavy atom. The van der Waals surface area contributed by atoms with Gasteiger partial charge in [0.2, 0.25) is 5.91 Å². The summed E-state index contributed by atoms with van der Waals surface area (Å²) in [6, 6.07) is 9.06. The van der Waals surface area contributed by atoms with E-state index in [1.54, 1.807) is 18.0 Å². The van der Waals surface area contributed by atoms with Crippen LogP contribution < -0.4 is 15.8 Å². The van der Waals surface area contributed by atoms with Gasteiger partial charge in [0.05, 0.1) is 6.33 Å². The van der Waals surface area contributed by atoms with Crippen molar-refractivity contribution in [3.8, 4) is 0 Å². The number of aromatic nitrogens is 5. The van der Waals surface area contributed by atoms with E-state index in [0.717, 1.165) is 11.4 Å². The molecular weight excluding hydrogens is 396 g/mol. The number of carbonyl (C=O) groups is 1. The van der Waals surface area contributed by atoms with Crippen LogP contribution in [0, 0.1) is 13.8 Å². The van der Waals surface area contributed by atoms with E-state index in [4.69, 9.17) is 0 Å². The Hall–Kier alpha value is -3.82. The molecule has 0 radical (unpaired) electrons. The Labute approximate surface area is 179 Å². The number of hydrogen-bond donors (Lipinski definition) is 1. The summed E-state index contributed by atoms with van der Waals surface area (Å²) in [6.45, 7) is 6.14. The normalized spacial score (nSPS) is 13.9. The zero-order valence-electron chi connectivity index (χ0n) is 17.5. The molecule has 1 amide bonds. The Morgan fingerprint density at radius 3 is 2.42 bits per heavy atom. The molecule has 0 unspecified atom stereocenters. The molecule has 160 valence electrons. The molecule has 0 bridgehead atoms. The molecule has 1 aliphatic rings. The van der Waals surface area contributed by atoms with Crippen LogP contribution in [0.15, 0.2) is 47.7 Å². The average molecular weight is 420 g/mol. The summed E-state index contributed by atoms with van der Waals surface area (Å²) >= 11 is 0. The lowest BCUT2D eigenvalue weighted by Crippen LogP contribution is -2.50. The lowest BCUT2D eigenvalue weighted by molar-refractivity contribution is -0.132. The van der Waals surface area contributed by atoms with Crippen molar-refractivity contribution in [3.63, 3.8) is 0 Å². The number of pyridine rings is 1. The van der Waals surface area contributed by atoms with Crippen molar-refractivity contribution in [2.45, 2.75) is 20.4 Å². The zero-order valence-corrected chi connectivity index (χ0v) is 17.5. The van der Waals surface area contributed by atoms with Crippen LogP contribution in [-0.4, -0.2) is 61.7 Å². The molecule has 4 heterocycles. The maximum Gasteiger partial charge on any atom is 0.253 e. The molecule has 31 heavy (non-hydrogen) atoms. The molecule has 1 aliphatic heterocycles. The van der Waals surface area contributed by atoms with Gasteiger partial charge in [-0.15, -0.1) is 10.2 Å². The van der Waals surface area contributed by atoms with Crippen LogP contribution in [0.2, 0.25) is 0 Å². The van der Waals surface area contributed by atoms with Crippen molar-refractivity contribution in [2.75, 3.05) is 36.4 Å². The summed E-state index contributed by atoms with van der Waals surface area (Å²) in [4.78, 5) is 36.8. The Bertz CT molecular complexity index is 1100. The summed E-state index contributed by atoms with van der Waals surface area (Å²) in [5, 5.41) is 11.7. The SMILES string of the molecule is Cc1ccc(Nc2ccc(N3CCN(C(=O)Cn4cnc(C)cc4=O)CC3)nn2)nc1. The van der Waals surface area contributed by atoms with E-state index in [9.17, 15) is 9.59 Å². The molecule has 3 aromatic rings. The highest BCUT2D eigenvalue weighted by Crippen LogP contribution is 2.17. The van der Waals surface area contributed by atoms with Gasteiger partial charge in [0.15, 0.2) is 11.6 Å². The molecule has 0 spiro atoms. The second kappa shape index (κ2) is 8.90. The van der Waals surface area contributed by atoms with Crippen molar-refractivity contribution >= 4 is 23.4 Å². The molecule has 4 rings (SSSR count). The fourth-order valence-electron chi connectivity index (χ4n) is 3.30. The summed E-state index contributed by atoms with van der Waals surface area (Å²) in [5.41, 5.74) is 1.51. The van der Waals surface area contributed by atoms with Gasteiger partial charge in [-0.05, 0) is 37.6 Å². The van der Waals surface area contributed by atoms with E-state index >= 15 is 0 Å². The minimum Gasteiger partial charge on any atom is -0.352 e. The first-order chi connectivity index (χ1) is 15.0. The topological polar surface area (TPSA) is 109 Å². The number of anilines is 3. The third-order valence-corrected chi connectivity index (χ3v) is 5.10. The summed E-state index contributed by atoms with van der Waals surface area (Å²) in [7, 11) is 0. The summed E-state index contributed by atoms with van der Waals surface area (Å²) in [5.74, 6) is 1.99. The summed E-state index contributed by atoms with van der Waals surface area (Å²) in [6.07, 6.45) is 3.21. The Balaban J connectivity index is 1.31. The zero-order chi connectivity index (χ0) is 21.8. The molecule has 1 saturated heterocycles. The maximum absolute atomic E-state index is 12.6. The number of carbonyl (C=O) groups excluding carboxylic acids is 1. The minimum absolute atomic E-state index is 0.000663. The van der Waals surface area contributed by atoms with Crippen LogP contribution >= 0.6 is 0 Å². The highest BCUT2D eigenvalue weighted by Gasteiger charge is 2.22. The molecule has 1 fully saturated rings. The summed E-state index contributed by atoms with van der Waals surface area (Å²) < 4.78 is 1.34. The largest absolute Gasteiger partial charge is 0.352 e. The Kier molecular flexibility index (Phi) is 5.87. The lowest BCUT2D eigenvalue weighted by atomic mass is 10.3. The van der Waals surface area contributed by atoms with Crippen LogP contribution in [0.4, 0.5) is 17.5 Å². The van der Waals surface area contributed by atoms with Crippen molar-refractivity contribution in [2.24, 2.45) is 0 Å². The highest BCUT2D eigenvalue weighted by molar-refractivity contribution is 5.76. The molecule has 10 nitrogen and oxygen atoms in total. The van der Waals surface area contributed by atoms with Gasteiger partial charge in [0.1, 0.15) is 12.4 Å². The lowest BCUT2D eigenvalue weighted by Gasteiger charge is -2.35. The number of aryl methyl sites for hydroxylation is 2. The molecule has 3 aromatic heterocycles. The predicted octanol–water partition coefficient (Wildman–Crippen LogP) is 1.14. The third kappa shape index (κ3) is 5.03. The van der Waals surface area contributed by atoms with Crippen molar-refractivity contribution < 1.29 is 4.79 Å². The van der Waals surface area contributed by atoms with Crippen LogP contribution in [-0.2, 0) is 11.3 Å². The van der Waals surface area contributed by atoms with Gasteiger partial charge in [-0.3, -0.25) is 14.2 Å². The fraction of sp³-hybridized carbons (Fsp3) is 0.333. The maximum atomic E-state index is 12.6. The van der Waals surface area contributed by atoms with Crippen molar-refractivity contribution in [1.29, 1.82) is 0 Å². The monoisotopic (exact) mass is 420 g/mol. The van der Waals surface area contributed by atoms with Crippen LogP contribution in [0.5, 0.6) is 0 Å². The van der Waals surface area contributed by atoms with E-state index < -0.39 is 0 Å². The van der Waals surface area contributed by atoms with E-state index in [-0.39, 0.29) is 18.0 Å². The molecular formula is C21H24N8O2. The van der Waals surface area contributed by atoms with E-state index in [0.29, 0.717) is 43.5 Å². The van der Waals surface area contributed by atoms with E-state index in [1.165, 1.54) is 17.0 Å². The van der Waals surface area contributed by atoms with E-state index in [2.05, 4.69) is 30.4 Å². The van der Waals surface area contributed by atoms with Crippen molar-refractivity contribution in [1.82, 2.24) is 29.6 Å². The number of piperazine rings is 1. The fourth-order valence-corrected chi connectivity index (χ4v) is 3.30. The number of nitrogens with one attached hydrogen (secondary N) is 1. The second-order valence-corrected chi connectivity index (χ2v) is 7.49. The molecule has 0 aromatic carbocycles. The number of nitrogens with zero attached hydrogens (tertiary/aromatic N) is 7. The first-order valence-corrected chi connectivity index (χ1v) is 10.1. The van der Waals surface area contributed by atoms with Gasteiger partial charge in [-0.2, -0.15) is 0 Å². The first-order valence-electron chi connectivity index (χ1n) is 10.1. The molecule has 0 atom stereocenters. The Morgan fingerprint density at radius 1 is 1.00 bits per heavy atom. The smallest absolute Gasteiger partial charge is 0.253 e. The van der Waals surface area contributed by atoms with Crippen molar-refractivity contribution in [3.05, 3.63) is 64.5 Å². The van der Waals surface area contributed by atoms with Crippen LogP contribution in [0.1, 0.15) is 11.3 Å². The first kappa shape index (κ1) is 20.5. The third-order valence-electron chi connectivity index (χ3n) is 5.10. The standard InChI is InChI=1S/C21H24N8O2/c1-15-3-4-17(22-12-15)24-18-5-6-19(26-25-18)27-7-9-28(10-8-27)21(31)13-29-14-23-16(2)11-20(29)30/h3-6,11-12,14H,7-10,13H2,1-2H3,(H,22,24,25). The average Bonchev–Trinajstić information content (AvgIpc) is 2.78. The second-order valence-electron chi connectivity index (χ2n) is 7.49. The molecule has 0 saturated carbocycles. The van der Waals surface area contributed by atoms with Crippen LogP contribution in [0.3, 0.4) is 0 Å². The van der Waals surface area contributed by atoms with Gasteiger partial charge < -0.3 is 15.1 Å². The van der Waals surface area contributed by atoms with Gasteiger partial charge in [0.25, 0.3) is 5.56 Å². The molecule has 0 aliphatic carbocycles. The van der Waals surface area contributed by atoms with Gasteiger partial charge in [-0.25, -0.2) is 9.97 Å². The number of rotatable bonds is 5. The minimum atomic E-state index is -0.218. The van der Waals surface area contributed by atoms with E-state index in [1.807, 2.05) is 31.2 Å². The number of hydrogen-bond acceptors (Lipinski definition) is 8. The highest BCUT2D eigenvalue weighted by atomic mass is 16.2. The quantitative estimate of drug-likeness (QED) is 0.654. The molecule has 1 N–H and O–H groups in total. The van der Waals surface area contributed by atoms with Crippen LogP contribution in [0.25, 0.3) is 0 Å².